The molecule has 0 aromatic heterocycles. The van der Waals surface area contributed by atoms with E-state index >= 15 is 0 Å². The monoisotopic (exact) mass is 562 g/mol. The molecule has 0 spiro atoms. The Bertz CT molecular complexity index is 1480. The van der Waals surface area contributed by atoms with Gasteiger partial charge >= 0.3 is 5.97 Å². The van der Waals surface area contributed by atoms with E-state index in [1.165, 1.54) is 28.7 Å². The number of hydrogen-bond acceptors (Lipinski definition) is 5. The predicted molar refractivity (Wildman–Crippen MR) is 147 cm³/mol. The molecule has 0 radical (unpaired) electrons. The summed E-state index contributed by atoms with van der Waals surface area (Å²) >= 11 is 12.0. The Morgan fingerprint density at radius 2 is 1.62 bits per heavy atom. The van der Waals surface area contributed by atoms with E-state index in [1.54, 1.807) is 24.3 Å². The van der Waals surface area contributed by atoms with Crippen molar-refractivity contribution < 1.29 is 23.9 Å². The van der Waals surface area contributed by atoms with Crippen molar-refractivity contribution >= 4 is 58.3 Å². The standard InChI is InChI=1S/C30H24Cl2N2O5/c31-19-8-11-23(32)24(14-19)33-25(35)15-39-30(38)17-6-9-20(10-7-17)34-28(36)26-18-12-21(16-4-2-1-3-5-16)22(13-18)27(26)29(34)37/h1-11,14,18,21-22,26-27H,12-13,15H2,(H,33,35)/t18-,21-,22+,26+,27-/m0/s1. The minimum Gasteiger partial charge on any atom is -0.452 e. The molecule has 1 saturated heterocycles. The minimum absolute atomic E-state index is 0.157. The molecule has 3 aromatic rings. The van der Waals surface area contributed by atoms with Gasteiger partial charge in [0.25, 0.3) is 5.91 Å². The number of halogens is 2. The summed E-state index contributed by atoms with van der Waals surface area (Å²) in [6.07, 6.45) is 1.83. The summed E-state index contributed by atoms with van der Waals surface area (Å²) in [6, 6.07) is 20.9. The maximum absolute atomic E-state index is 13.5. The van der Waals surface area contributed by atoms with Crippen molar-refractivity contribution in [3.05, 3.63) is 94.0 Å². The lowest BCUT2D eigenvalue weighted by Crippen LogP contribution is -2.33. The second-order valence-corrected chi connectivity index (χ2v) is 11.1. The molecule has 2 saturated carbocycles. The molecule has 9 heteroatoms. The molecule has 3 aliphatic rings. The predicted octanol–water partition coefficient (Wildman–Crippen LogP) is 5.72. The van der Waals surface area contributed by atoms with Gasteiger partial charge in [-0.15, -0.1) is 0 Å². The van der Waals surface area contributed by atoms with Gasteiger partial charge in [-0.1, -0.05) is 53.5 Å². The molecule has 1 heterocycles. The Morgan fingerprint density at radius 1 is 0.897 bits per heavy atom. The van der Waals surface area contributed by atoms with Crippen LogP contribution in [0.15, 0.2) is 72.8 Å². The normalized spacial score (nSPS) is 25.1. The maximum atomic E-state index is 13.5. The quantitative estimate of drug-likeness (QED) is 0.306. The van der Waals surface area contributed by atoms with Gasteiger partial charge in [-0.05, 0) is 78.6 Å². The smallest absolute Gasteiger partial charge is 0.338 e. The summed E-state index contributed by atoms with van der Waals surface area (Å²) < 4.78 is 5.12. The van der Waals surface area contributed by atoms with Crippen molar-refractivity contribution in [3.8, 4) is 0 Å². The highest BCUT2D eigenvalue weighted by molar-refractivity contribution is 6.35. The fourth-order valence-corrected chi connectivity index (χ4v) is 6.87. The van der Waals surface area contributed by atoms with Gasteiger partial charge in [0, 0.05) is 5.02 Å². The summed E-state index contributed by atoms with van der Waals surface area (Å²) in [6.45, 7) is -0.527. The van der Waals surface area contributed by atoms with E-state index in [4.69, 9.17) is 27.9 Å². The number of esters is 1. The fraction of sp³-hybridized carbons (Fsp3) is 0.267. The van der Waals surface area contributed by atoms with Crippen molar-refractivity contribution in [2.75, 3.05) is 16.8 Å². The third kappa shape index (κ3) is 4.60. The van der Waals surface area contributed by atoms with Gasteiger partial charge in [0.15, 0.2) is 6.61 Å². The summed E-state index contributed by atoms with van der Waals surface area (Å²) in [5.74, 6) is -1.55. The maximum Gasteiger partial charge on any atom is 0.338 e. The molecular weight excluding hydrogens is 539 g/mol. The molecule has 2 bridgehead atoms. The van der Waals surface area contributed by atoms with Crippen LogP contribution in [0.5, 0.6) is 0 Å². The number of amides is 3. The molecule has 1 N–H and O–H groups in total. The largest absolute Gasteiger partial charge is 0.452 e. The number of ether oxygens (including phenoxy) is 1. The van der Waals surface area contributed by atoms with Crippen molar-refractivity contribution in [2.45, 2.75) is 18.8 Å². The molecule has 39 heavy (non-hydrogen) atoms. The first-order valence-electron chi connectivity index (χ1n) is 12.8. The number of imide groups is 1. The van der Waals surface area contributed by atoms with Gasteiger partial charge < -0.3 is 10.1 Å². The number of nitrogens with zero attached hydrogens (tertiary/aromatic N) is 1. The fourth-order valence-electron chi connectivity index (χ4n) is 6.54. The lowest BCUT2D eigenvalue weighted by molar-refractivity contribution is -0.123. The van der Waals surface area contributed by atoms with Crippen LogP contribution in [-0.4, -0.2) is 30.3 Å². The zero-order valence-electron chi connectivity index (χ0n) is 20.7. The Hall–Kier alpha value is -3.68. The van der Waals surface area contributed by atoms with Crippen LogP contribution in [0.1, 0.15) is 34.7 Å². The van der Waals surface area contributed by atoms with Gasteiger partial charge in [0.2, 0.25) is 11.8 Å². The topological polar surface area (TPSA) is 92.8 Å². The number of carbonyl (C=O) groups excluding carboxylic acids is 4. The molecule has 3 aromatic carbocycles. The zero-order valence-corrected chi connectivity index (χ0v) is 22.2. The van der Waals surface area contributed by atoms with E-state index in [9.17, 15) is 19.2 Å². The SMILES string of the molecule is O=C(COC(=O)c1ccc(N2C(=O)[C@@H]3[C@@H]4C[C@@H]([C@@H]3C2=O)[C@H](c2ccccc2)C4)cc1)Nc1cc(Cl)ccc1Cl. The summed E-state index contributed by atoms with van der Waals surface area (Å²) in [7, 11) is 0. The van der Waals surface area contributed by atoms with E-state index in [0.29, 0.717) is 27.3 Å². The van der Waals surface area contributed by atoms with Crippen molar-refractivity contribution in [1.29, 1.82) is 0 Å². The number of nitrogens with one attached hydrogen (secondary N) is 1. The van der Waals surface area contributed by atoms with E-state index in [1.807, 2.05) is 18.2 Å². The number of rotatable bonds is 6. The van der Waals surface area contributed by atoms with Crippen molar-refractivity contribution in [1.82, 2.24) is 0 Å². The average molecular weight is 563 g/mol. The average Bonchev–Trinajstić information content (AvgIpc) is 3.61. The molecule has 198 valence electrons. The van der Waals surface area contributed by atoms with E-state index < -0.39 is 18.5 Å². The number of anilines is 2. The van der Waals surface area contributed by atoms with Crippen LogP contribution in [-0.2, 0) is 19.1 Å². The van der Waals surface area contributed by atoms with Crippen LogP contribution in [0.2, 0.25) is 10.0 Å². The lowest BCUT2D eigenvalue weighted by atomic mass is 9.73. The lowest BCUT2D eigenvalue weighted by Gasteiger charge is -2.28. The highest BCUT2D eigenvalue weighted by Gasteiger charge is 2.64. The van der Waals surface area contributed by atoms with Gasteiger partial charge in [0.05, 0.1) is 33.8 Å². The first-order valence-corrected chi connectivity index (χ1v) is 13.5. The Morgan fingerprint density at radius 3 is 2.36 bits per heavy atom. The third-order valence-electron chi connectivity index (χ3n) is 8.14. The summed E-state index contributed by atoms with van der Waals surface area (Å²) in [5, 5.41) is 3.24. The van der Waals surface area contributed by atoms with E-state index in [0.717, 1.165) is 12.8 Å². The van der Waals surface area contributed by atoms with E-state index in [-0.39, 0.29) is 41.0 Å². The second kappa shape index (κ2) is 10.1. The number of benzene rings is 3. The number of fused-ring (bicyclic) bond motifs is 5. The number of hydrogen-bond donors (Lipinski definition) is 1. The molecule has 7 nitrogen and oxygen atoms in total. The molecule has 0 unspecified atom stereocenters. The third-order valence-corrected chi connectivity index (χ3v) is 8.71. The second-order valence-electron chi connectivity index (χ2n) is 10.3. The Balaban J connectivity index is 1.10. The molecule has 3 fully saturated rings. The molecule has 3 amide bonds. The molecule has 6 rings (SSSR count). The first-order chi connectivity index (χ1) is 18.8. The summed E-state index contributed by atoms with van der Waals surface area (Å²) in [5.41, 5.74) is 2.16. The zero-order chi connectivity index (χ0) is 27.3. The van der Waals surface area contributed by atoms with Gasteiger partial charge in [-0.25, -0.2) is 4.79 Å². The van der Waals surface area contributed by atoms with Gasteiger partial charge in [-0.3, -0.25) is 19.3 Å². The minimum atomic E-state index is -0.714. The number of carbonyl (C=O) groups is 4. The molecule has 2 aliphatic carbocycles. The molecular formula is C30H24Cl2N2O5. The van der Waals surface area contributed by atoms with Gasteiger partial charge in [0.1, 0.15) is 0 Å². The van der Waals surface area contributed by atoms with Crippen molar-refractivity contribution in [2.24, 2.45) is 23.7 Å². The highest BCUT2D eigenvalue weighted by atomic mass is 35.5. The van der Waals surface area contributed by atoms with Crippen LogP contribution in [0.4, 0.5) is 11.4 Å². The summed E-state index contributed by atoms with van der Waals surface area (Å²) in [4.78, 5) is 52.9. The van der Waals surface area contributed by atoms with E-state index in [2.05, 4.69) is 17.4 Å². The Labute approximate surface area is 235 Å². The Kier molecular flexibility index (Phi) is 6.65. The van der Waals surface area contributed by atoms with Crippen LogP contribution in [0.3, 0.4) is 0 Å². The van der Waals surface area contributed by atoms with Crippen molar-refractivity contribution in [3.63, 3.8) is 0 Å². The molecule has 5 atom stereocenters. The van der Waals surface area contributed by atoms with Crippen LogP contribution < -0.4 is 10.2 Å². The van der Waals surface area contributed by atoms with Crippen LogP contribution >= 0.6 is 23.2 Å². The van der Waals surface area contributed by atoms with Crippen LogP contribution in [0.25, 0.3) is 0 Å². The molecule has 1 aliphatic heterocycles. The van der Waals surface area contributed by atoms with Gasteiger partial charge in [-0.2, -0.15) is 0 Å². The highest BCUT2D eigenvalue weighted by Crippen LogP contribution is 2.61. The first kappa shape index (κ1) is 25.6. The van der Waals surface area contributed by atoms with Crippen LogP contribution in [0, 0.1) is 23.7 Å².